The van der Waals surface area contributed by atoms with Crippen molar-refractivity contribution in [2.45, 2.75) is 6.92 Å². The minimum absolute atomic E-state index is 1.32. The van der Waals surface area contributed by atoms with Gasteiger partial charge in [-0.25, -0.2) is 0 Å². The Morgan fingerprint density at radius 3 is 1.24 bits per heavy atom. The third-order valence-corrected chi connectivity index (χ3v) is 5.61. The van der Waals surface area contributed by atoms with E-state index in [-0.39, 0.29) is 0 Å². The molecule has 0 nitrogen and oxygen atoms in total. The van der Waals surface area contributed by atoms with Gasteiger partial charge in [0.2, 0.25) is 0 Å². The van der Waals surface area contributed by atoms with E-state index in [9.17, 15) is 0 Å². The van der Waals surface area contributed by atoms with Gasteiger partial charge in [-0.15, -0.1) is 0 Å². The molecule has 0 spiro atoms. The van der Waals surface area contributed by atoms with Gasteiger partial charge in [-0.3, -0.25) is 0 Å². The van der Waals surface area contributed by atoms with Gasteiger partial charge in [-0.05, 0) is 66.3 Å². The molecule has 0 bridgehead atoms. The summed E-state index contributed by atoms with van der Waals surface area (Å²) < 4.78 is 0. The van der Waals surface area contributed by atoms with Gasteiger partial charge in [0.15, 0.2) is 0 Å². The Bertz CT molecular complexity index is 1330. The lowest BCUT2D eigenvalue weighted by molar-refractivity contribution is 1.53. The highest BCUT2D eigenvalue weighted by molar-refractivity contribution is 6.39. The van der Waals surface area contributed by atoms with E-state index < -0.39 is 0 Å². The van der Waals surface area contributed by atoms with Crippen molar-refractivity contribution >= 4 is 53.9 Å². The van der Waals surface area contributed by atoms with Crippen LogP contribution in [0.3, 0.4) is 0 Å². The second-order valence-electron chi connectivity index (χ2n) is 7.05. The summed E-state index contributed by atoms with van der Waals surface area (Å²) in [6.07, 6.45) is 0. The van der Waals surface area contributed by atoms with Crippen molar-refractivity contribution in [3.05, 3.63) is 84.4 Å². The first-order valence-electron chi connectivity index (χ1n) is 8.80. The Morgan fingerprint density at radius 2 is 0.760 bits per heavy atom. The standard InChI is InChI=1S/C25H16/c1-15-13-22-18-9-4-2-7-16(18)20-11-6-12-21-17-8-3-5-10-19(17)23(14-15)25(22)24(20)21/h2-14H,1H3. The summed E-state index contributed by atoms with van der Waals surface area (Å²) in [5.41, 5.74) is 1.32. The van der Waals surface area contributed by atoms with E-state index in [1.807, 2.05) is 0 Å². The van der Waals surface area contributed by atoms with Gasteiger partial charge in [-0.1, -0.05) is 78.9 Å². The van der Waals surface area contributed by atoms with Crippen LogP contribution in [-0.2, 0) is 0 Å². The number of aryl methyl sites for hydroxylation is 1. The fourth-order valence-corrected chi connectivity index (χ4v) is 4.66. The molecule has 0 saturated carbocycles. The first-order valence-corrected chi connectivity index (χ1v) is 8.80. The van der Waals surface area contributed by atoms with Gasteiger partial charge in [-0.2, -0.15) is 0 Å². The zero-order valence-electron chi connectivity index (χ0n) is 14.0. The highest BCUT2D eigenvalue weighted by Gasteiger charge is 2.16. The van der Waals surface area contributed by atoms with E-state index in [0.717, 1.165) is 0 Å². The SMILES string of the molecule is Cc1cc2c3ccccc3c3cccc4c5ccccc5c(c1)c2c34. The monoisotopic (exact) mass is 316 g/mol. The Kier molecular flexibility index (Phi) is 2.37. The molecule has 0 heteroatoms. The van der Waals surface area contributed by atoms with Crippen molar-refractivity contribution in [2.24, 2.45) is 0 Å². The highest BCUT2D eigenvalue weighted by Crippen LogP contribution is 2.44. The molecule has 0 amide bonds. The second kappa shape index (κ2) is 4.49. The van der Waals surface area contributed by atoms with Crippen LogP contribution in [0.1, 0.15) is 5.56 Å². The minimum atomic E-state index is 1.32. The molecular weight excluding hydrogens is 300 g/mol. The van der Waals surface area contributed by atoms with Crippen LogP contribution in [0.15, 0.2) is 78.9 Å². The number of benzene rings is 6. The maximum atomic E-state index is 2.35. The molecule has 0 heterocycles. The fourth-order valence-electron chi connectivity index (χ4n) is 4.66. The summed E-state index contributed by atoms with van der Waals surface area (Å²) in [7, 11) is 0. The maximum absolute atomic E-state index is 2.35. The van der Waals surface area contributed by atoms with Gasteiger partial charge >= 0.3 is 0 Å². The van der Waals surface area contributed by atoms with Crippen LogP contribution in [0, 0.1) is 6.92 Å². The Labute approximate surface area is 145 Å². The molecule has 0 fully saturated rings. The molecule has 0 atom stereocenters. The van der Waals surface area contributed by atoms with E-state index in [4.69, 9.17) is 0 Å². The average molecular weight is 316 g/mol. The molecule has 116 valence electrons. The van der Waals surface area contributed by atoms with E-state index in [1.54, 1.807) is 0 Å². The molecule has 0 N–H and O–H groups in total. The molecule has 0 aliphatic heterocycles. The molecule has 0 aromatic heterocycles. The Balaban J connectivity index is 2.15. The van der Waals surface area contributed by atoms with Crippen molar-refractivity contribution in [1.29, 1.82) is 0 Å². The summed E-state index contributed by atoms with van der Waals surface area (Å²) in [4.78, 5) is 0. The third kappa shape index (κ3) is 1.57. The zero-order chi connectivity index (χ0) is 16.5. The maximum Gasteiger partial charge on any atom is -0.00137 e. The van der Waals surface area contributed by atoms with E-state index in [0.29, 0.717) is 0 Å². The van der Waals surface area contributed by atoms with Gasteiger partial charge in [0.1, 0.15) is 0 Å². The van der Waals surface area contributed by atoms with Gasteiger partial charge in [0, 0.05) is 0 Å². The van der Waals surface area contributed by atoms with Crippen LogP contribution >= 0.6 is 0 Å². The quantitative estimate of drug-likeness (QED) is 0.205. The molecule has 0 unspecified atom stereocenters. The molecule has 0 aliphatic carbocycles. The summed E-state index contributed by atoms with van der Waals surface area (Å²) in [5.74, 6) is 0. The second-order valence-corrected chi connectivity index (χ2v) is 7.05. The fraction of sp³-hybridized carbons (Fsp3) is 0.0400. The lowest BCUT2D eigenvalue weighted by Crippen LogP contribution is -1.90. The molecule has 0 aliphatic rings. The predicted octanol–water partition coefficient (Wildman–Crippen LogP) is 7.20. The Morgan fingerprint density at radius 1 is 0.400 bits per heavy atom. The number of hydrogen-bond donors (Lipinski definition) is 0. The van der Waals surface area contributed by atoms with Crippen LogP contribution in [0.25, 0.3) is 53.9 Å². The minimum Gasteiger partial charge on any atom is -0.0616 e. The van der Waals surface area contributed by atoms with E-state index in [1.165, 1.54) is 59.4 Å². The van der Waals surface area contributed by atoms with Gasteiger partial charge in [0.05, 0.1) is 0 Å². The van der Waals surface area contributed by atoms with Crippen LogP contribution in [0.5, 0.6) is 0 Å². The normalized spacial score (nSPS) is 12.2. The van der Waals surface area contributed by atoms with Crippen molar-refractivity contribution in [3.8, 4) is 0 Å². The smallest absolute Gasteiger partial charge is 0.00137 e. The molecule has 25 heavy (non-hydrogen) atoms. The lowest BCUT2D eigenvalue weighted by atomic mass is 9.85. The molecule has 0 saturated heterocycles. The van der Waals surface area contributed by atoms with Crippen molar-refractivity contribution in [3.63, 3.8) is 0 Å². The zero-order valence-corrected chi connectivity index (χ0v) is 14.0. The molecular formula is C25H16. The number of fused-ring (bicyclic) bond motifs is 6. The average Bonchev–Trinajstić information content (AvgIpc) is 2.67. The summed E-state index contributed by atoms with van der Waals surface area (Å²) >= 11 is 0. The van der Waals surface area contributed by atoms with Crippen molar-refractivity contribution in [2.75, 3.05) is 0 Å². The topological polar surface area (TPSA) is 0 Å². The predicted molar refractivity (Wildman–Crippen MR) is 110 cm³/mol. The summed E-state index contributed by atoms with van der Waals surface area (Å²) in [5, 5.41) is 13.7. The summed E-state index contributed by atoms with van der Waals surface area (Å²) in [6, 6.07) is 29.1. The largest absolute Gasteiger partial charge is 0.0616 e. The summed E-state index contributed by atoms with van der Waals surface area (Å²) in [6.45, 7) is 2.21. The van der Waals surface area contributed by atoms with E-state index >= 15 is 0 Å². The first-order chi connectivity index (χ1) is 12.3. The third-order valence-electron chi connectivity index (χ3n) is 5.61. The molecule has 0 radical (unpaired) electrons. The molecule has 6 aromatic rings. The van der Waals surface area contributed by atoms with Crippen LogP contribution in [0.4, 0.5) is 0 Å². The van der Waals surface area contributed by atoms with Crippen molar-refractivity contribution < 1.29 is 0 Å². The van der Waals surface area contributed by atoms with Crippen LogP contribution < -0.4 is 0 Å². The van der Waals surface area contributed by atoms with Gasteiger partial charge < -0.3 is 0 Å². The van der Waals surface area contributed by atoms with Crippen molar-refractivity contribution in [1.82, 2.24) is 0 Å². The van der Waals surface area contributed by atoms with Gasteiger partial charge in [0.25, 0.3) is 0 Å². The Hall–Kier alpha value is -3.12. The number of hydrogen-bond acceptors (Lipinski definition) is 0. The molecule has 6 aromatic carbocycles. The molecule has 6 rings (SSSR count). The first kappa shape index (κ1) is 13.2. The highest BCUT2D eigenvalue weighted by atomic mass is 14.2. The van der Waals surface area contributed by atoms with Crippen LogP contribution in [-0.4, -0.2) is 0 Å². The van der Waals surface area contributed by atoms with E-state index in [2.05, 4.69) is 85.8 Å². The van der Waals surface area contributed by atoms with Crippen LogP contribution in [0.2, 0.25) is 0 Å². The number of rotatable bonds is 0. The lowest BCUT2D eigenvalue weighted by Gasteiger charge is -2.18.